The molecule has 1 aromatic heterocycles. The molecule has 0 spiro atoms. The van der Waals surface area contributed by atoms with Gasteiger partial charge in [0.05, 0.1) is 12.6 Å². The molecule has 0 aliphatic carbocycles. The second kappa shape index (κ2) is 6.50. The zero-order valence-electron chi connectivity index (χ0n) is 9.49. The third kappa shape index (κ3) is 3.43. The minimum absolute atomic E-state index is 0.255. The first-order valence-electron chi connectivity index (χ1n) is 5.69. The smallest absolute Gasteiger partial charge is 0.107 e. The zero-order chi connectivity index (χ0) is 12.3. The lowest BCUT2D eigenvalue weighted by atomic mass is 10.2. The fourth-order valence-corrected chi connectivity index (χ4v) is 3.93. The van der Waals surface area contributed by atoms with Crippen LogP contribution in [0.1, 0.15) is 17.3 Å². The van der Waals surface area contributed by atoms with Gasteiger partial charge in [-0.05, 0) is 28.4 Å². The van der Waals surface area contributed by atoms with Crippen molar-refractivity contribution in [2.75, 3.05) is 32.8 Å². The predicted octanol–water partition coefficient (Wildman–Crippen LogP) is 2.89. The monoisotopic (exact) mass is 338 g/mol. The van der Waals surface area contributed by atoms with E-state index in [1.807, 2.05) is 0 Å². The molecule has 96 valence electrons. The van der Waals surface area contributed by atoms with E-state index in [1.54, 1.807) is 11.3 Å². The first kappa shape index (κ1) is 13.8. The largest absolute Gasteiger partial charge is 0.380 e. The standard InChI is InChI=1S/C11H16BrClN2OS/c12-8-6-10(17-11(8)13)9(7-14)15-2-1-4-16-5-3-15/h6,9H,1-5,7,14H2. The average molecular weight is 340 g/mol. The van der Waals surface area contributed by atoms with E-state index in [0.717, 1.165) is 41.5 Å². The normalized spacial score (nSPS) is 20.2. The molecule has 2 heterocycles. The van der Waals surface area contributed by atoms with Crippen LogP contribution in [-0.2, 0) is 4.74 Å². The van der Waals surface area contributed by atoms with Gasteiger partial charge in [0.1, 0.15) is 4.34 Å². The van der Waals surface area contributed by atoms with Gasteiger partial charge in [0, 0.05) is 35.6 Å². The molecule has 0 aromatic carbocycles. The molecule has 1 aliphatic heterocycles. The highest BCUT2D eigenvalue weighted by atomic mass is 79.9. The van der Waals surface area contributed by atoms with Crippen molar-refractivity contribution in [3.05, 3.63) is 19.8 Å². The SMILES string of the molecule is NCC(c1cc(Br)c(Cl)s1)N1CCCOCC1. The molecule has 17 heavy (non-hydrogen) atoms. The highest BCUT2D eigenvalue weighted by molar-refractivity contribution is 9.10. The molecule has 2 rings (SSSR count). The van der Waals surface area contributed by atoms with Gasteiger partial charge in [-0.3, -0.25) is 4.90 Å². The Hall–Kier alpha value is 0.350. The van der Waals surface area contributed by atoms with Crippen LogP contribution in [-0.4, -0.2) is 37.7 Å². The summed E-state index contributed by atoms with van der Waals surface area (Å²) in [5.41, 5.74) is 5.91. The molecule has 2 N–H and O–H groups in total. The summed E-state index contributed by atoms with van der Waals surface area (Å²) in [6, 6.07) is 2.33. The van der Waals surface area contributed by atoms with Crippen LogP contribution in [0.2, 0.25) is 4.34 Å². The molecular formula is C11H16BrClN2OS. The Morgan fingerprint density at radius 3 is 3.00 bits per heavy atom. The molecule has 3 nitrogen and oxygen atoms in total. The Labute approximate surface area is 119 Å². The van der Waals surface area contributed by atoms with E-state index in [0.29, 0.717) is 6.54 Å². The highest BCUT2D eigenvalue weighted by Gasteiger charge is 2.22. The van der Waals surface area contributed by atoms with E-state index >= 15 is 0 Å². The second-order valence-electron chi connectivity index (χ2n) is 4.02. The Morgan fingerprint density at radius 1 is 1.53 bits per heavy atom. The maximum absolute atomic E-state index is 6.09. The van der Waals surface area contributed by atoms with Crippen molar-refractivity contribution in [1.29, 1.82) is 0 Å². The summed E-state index contributed by atoms with van der Waals surface area (Å²) < 4.78 is 7.23. The van der Waals surface area contributed by atoms with E-state index in [1.165, 1.54) is 4.88 Å². The van der Waals surface area contributed by atoms with Crippen molar-refractivity contribution >= 4 is 38.9 Å². The number of nitrogens with zero attached hydrogens (tertiary/aromatic N) is 1. The van der Waals surface area contributed by atoms with Crippen molar-refractivity contribution in [3.8, 4) is 0 Å². The van der Waals surface area contributed by atoms with Crippen LogP contribution in [0.4, 0.5) is 0 Å². The first-order chi connectivity index (χ1) is 8.22. The number of nitrogens with two attached hydrogens (primary N) is 1. The minimum atomic E-state index is 0.255. The molecule has 1 saturated heterocycles. The van der Waals surface area contributed by atoms with Gasteiger partial charge in [0.25, 0.3) is 0 Å². The molecule has 0 radical (unpaired) electrons. The van der Waals surface area contributed by atoms with Crippen LogP contribution in [0.15, 0.2) is 10.5 Å². The molecule has 1 aromatic rings. The Morgan fingerprint density at radius 2 is 2.35 bits per heavy atom. The van der Waals surface area contributed by atoms with Gasteiger partial charge in [-0.15, -0.1) is 11.3 Å². The number of thiophene rings is 1. The lowest BCUT2D eigenvalue weighted by molar-refractivity contribution is 0.133. The van der Waals surface area contributed by atoms with Crippen LogP contribution in [0.25, 0.3) is 0 Å². The number of rotatable bonds is 3. The van der Waals surface area contributed by atoms with Gasteiger partial charge < -0.3 is 10.5 Å². The van der Waals surface area contributed by atoms with E-state index in [-0.39, 0.29) is 6.04 Å². The topological polar surface area (TPSA) is 38.5 Å². The lowest BCUT2D eigenvalue weighted by Gasteiger charge is -2.28. The summed E-state index contributed by atoms with van der Waals surface area (Å²) in [5, 5.41) is 0. The Balaban J connectivity index is 2.13. The number of hydrogen-bond acceptors (Lipinski definition) is 4. The van der Waals surface area contributed by atoms with Crippen molar-refractivity contribution in [2.45, 2.75) is 12.5 Å². The van der Waals surface area contributed by atoms with Crippen molar-refractivity contribution in [3.63, 3.8) is 0 Å². The quantitative estimate of drug-likeness (QED) is 0.920. The third-order valence-electron chi connectivity index (χ3n) is 2.91. The van der Waals surface area contributed by atoms with Crippen molar-refractivity contribution < 1.29 is 4.74 Å². The Kier molecular flexibility index (Phi) is 5.26. The number of ether oxygens (including phenoxy) is 1. The van der Waals surface area contributed by atoms with Gasteiger partial charge in [0.2, 0.25) is 0 Å². The van der Waals surface area contributed by atoms with E-state index in [2.05, 4.69) is 26.9 Å². The Bertz CT molecular complexity index is 347. The highest BCUT2D eigenvalue weighted by Crippen LogP contribution is 2.37. The van der Waals surface area contributed by atoms with Gasteiger partial charge in [-0.1, -0.05) is 11.6 Å². The van der Waals surface area contributed by atoms with Gasteiger partial charge in [-0.25, -0.2) is 0 Å². The molecule has 1 aliphatic rings. The molecule has 6 heteroatoms. The molecule has 0 bridgehead atoms. The summed E-state index contributed by atoms with van der Waals surface area (Å²) in [6.07, 6.45) is 1.07. The first-order valence-corrected chi connectivity index (χ1v) is 7.67. The van der Waals surface area contributed by atoms with E-state index in [4.69, 9.17) is 22.1 Å². The van der Waals surface area contributed by atoms with Gasteiger partial charge >= 0.3 is 0 Å². The predicted molar refractivity (Wildman–Crippen MR) is 75.8 cm³/mol. The zero-order valence-corrected chi connectivity index (χ0v) is 12.7. The van der Waals surface area contributed by atoms with Crippen LogP contribution >= 0.6 is 38.9 Å². The summed E-state index contributed by atoms with van der Waals surface area (Å²) in [6.45, 7) is 4.23. The average Bonchev–Trinajstić information content (AvgIpc) is 2.56. The fraction of sp³-hybridized carbons (Fsp3) is 0.636. The van der Waals surface area contributed by atoms with Gasteiger partial charge in [-0.2, -0.15) is 0 Å². The summed E-state index contributed by atoms with van der Waals surface area (Å²) in [7, 11) is 0. The maximum atomic E-state index is 6.09. The summed E-state index contributed by atoms with van der Waals surface area (Å²) >= 11 is 11.1. The van der Waals surface area contributed by atoms with Crippen molar-refractivity contribution in [1.82, 2.24) is 4.90 Å². The van der Waals surface area contributed by atoms with E-state index < -0.39 is 0 Å². The third-order valence-corrected chi connectivity index (χ3v) is 5.49. The summed E-state index contributed by atoms with van der Waals surface area (Å²) in [4.78, 5) is 3.62. The molecule has 1 fully saturated rings. The molecule has 0 saturated carbocycles. The number of hydrogen-bond donors (Lipinski definition) is 1. The van der Waals surface area contributed by atoms with Crippen molar-refractivity contribution in [2.24, 2.45) is 5.73 Å². The van der Waals surface area contributed by atoms with Crippen LogP contribution < -0.4 is 5.73 Å². The van der Waals surface area contributed by atoms with Crippen LogP contribution in [0, 0.1) is 0 Å². The molecule has 0 amide bonds. The fourth-order valence-electron chi connectivity index (χ4n) is 2.05. The van der Waals surface area contributed by atoms with Crippen LogP contribution in [0.5, 0.6) is 0 Å². The molecule has 1 atom stereocenters. The van der Waals surface area contributed by atoms with Crippen LogP contribution in [0.3, 0.4) is 0 Å². The number of halogens is 2. The minimum Gasteiger partial charge on any atom is -0.380 e. The summed E-state index contributed by atoms with van der Waals surface area (Å²) in [5.74, 6) is 0. The molecule has 1 unspecified atom stereocenters. The van der Waals surface area contributed by atoms with E-state index in [9.17, 15) is 0 Å². The molecular weight excluding hydrogens is 324 g/mol. The maximum Gasteiger partial charge on any atom is 0.107 e. The van der Waals surface area contributed by atoms with Gasteiger partial charge in [0.15, 0.2) is 0 Å². The lowest BCUT2D eigenvalue weighted by Crippen LogP contribution is -2.35. The second-order valence-corrected chi connectivity index (χ2v) is 6.56.